The van der Waals surface area contributed by atoms with E-state index in [4.69, 9.17) is 13.6 Å². The van der Waals surface area contributed by atoms with Crippen LogP contribution >= 0.6 is 24.0 Å². The molecule has 1 aromatic carbocycles. The van der Waals surface area contributed by atoms with Gasteiger partial charge in [0.1, 0.15) is 11.6 Å². The number of H-pyrrole nitrogens is 1. The first-order chi connectivity index (χ1) is 15.2. The van der Waals surface area contributed by atoms with Gasteiger partial charge in [-0.3, -0.25) is 10.1 Å². The van der Waals surface area contributed by atoms with Gasteiger partial charge in [0.15, 0.2) is 23.1 Å². The zero-order valence-electron chi connectivity index (χ0n) is 18.2. The molecule has 0 fully saturated rings. The molecule has 0 bridgehead atoms. The maximum absolute atomic E-state index is 6.07. The van der Waals surface area contributed by atoms with Gasteiger partial charge >= 0.3 is 0 Å². The average molecular weight is 550 g/mol. The van der Waals surface area contributed by atoms with Crippen LogP contribution in [0.5, 0.6) is 5.75 Å². The molecule has 3 N–H and O–H groups in total. The molecule has 10 heteroatoms. The third kappa shape index (κ3) is 5.42. The van der Waals surface area contributed by atoms with Crippen LogP contribution < -0.4 is 15.4 Å². The Balaban J connectivity index is 0.00000289. The second-order valence-corrected chi connectivity index (χ2v) is 6.95. The molecule has 0 saturated heterocycles. The molecule has 0 aliphatic rings. The Bertz CT molecular complexity index is 1150. The van der Waals surface area contributed by atoms with Crippen molar-refractivity contribution in [3.8, 4) is 17.3 Å². The number of rotatable bonds is 8. The summed E-state index contributed by atoms with van der Waals surface area (Å²) < 4.78 is 17.0. The number of benzene rings is 1. The predicted molar refractivity (Wildman–Crippen MR) is 133 cm³/mol. The summed E-state index contributed by atoms with van der Waals surface area (Å²) in [7, 11) is 1.73. The number of guanidine groups is 1. The van der Waals surface area contributed by atoms with Crippen molar-refractivity contribution in [1.82, 2.24) is 25.8 Å². The van der Waals surface area contributed by atoms with E-state index in [1.54, 1.807) is 13.3 Å². The number of nitrogens with one attached hydrogen (secondary N) is 3. The van der Waals surface area contributed by atoms with Gasteiger partial charge in [-0.1, -0.05) is 12.1 Å². The van der Waals surface area contributed by atoms with Gasteiger partial charge in [-0.2, -0.15) is 5.10 Å². The Morgan fingerprint density at radius 3 is 2.91 bits per heavy atom. The maximum Gasteiger partial charge on any atom is 0.216 e. The van der Waals surface area contributed by atoms with E-state index in [2.05, 4.69) is 30.8 Å². The maximum atomic E-state index is 6.07. The number of halogens is 1. The molecular weight excluding hydrogens is 523 g/mol. The second kappa shape index (κ2) is 11.0. The van der Waals surface area contributed by atoms with Gasteiger partial charge in [-0.05, 0) is 38.1 Å². The van der Waals surface area contributed by atoms with Crippen LogP contribution in [-0.2, 0) is 6.42 Å². The van der Waals surface area contributed by atoms with Crippen molar-refractivity contribution in [3.63, 3.8) is 0 Å². The summed E-state index contributed by atoms with van der Waals surface area (Å²) in [5.41, 5.74) is 0.758. The van der Waals surface area contributed by atoms with E-state index >= 15 is 0 Å². The first kappa shape index (κ1) is 23.6. The highest BCUT2D eigenvalue weighted by Gasteiger charge is 2.15. The molecule has 0 amide bonds. The molecule has 4 rings (SSSR count). The highest BCUT2D eigenvalue weighted by molar-refractivity contribution is 14.0. The number of aliphatic imine (C=N–C) groups is 1. The minimum Gasteiger partial charge on any atom is -0.490 e. The van der Waals surface area contributed by atoms with E-state index in [0.717, 1.165) is 28.3 Å². The fraction of sp³-hybridized carbons (Fsp3) is 0.318. The zero-order valence-corrected chi connectivity index (χ0v) is 20.5. The molecule has 0 aliphatic heterocycles. The lowest BCUT2D eigenvalue weighted by molar-refractivity contribution is 0.336. The Kier molecular flexibility index (Phi) is 8.14. The molecule has 0 radical (unpaired) electrons. The number of hydrogen-bond acceptors (Lipinski definition) is 6. The summed E-state index contributed by atoms with van der Waals surface area (Å²) in [6.07, 6.45) is 2.26. The SMILES string of the molecule is CCOc1cccc2cc(C(C)NC(=NC)NCCc3nc(-c4ccco4)n[nH]3)oc12.I. The predicted octanol–water partition coefficient (Wildman–Crippen LogP) is 4.30. The van der Waals surface area contributed by atoms with Gasteiger partial charge < -0.3 is 24.2 Å². The lowest BCUT2D eigenvalue weighted by atomic mass is 10.2. The second-order valence-electron chi connectivity index (χ2n) is 6.95. The number of nitrogens with zero attached hydrogens (tertiary/aromatic N) is 3. The van der Waals surface area contributed by atoms with Crippen molar-refractivity contribution < 1.29 is 13.6 Å². The van der Waals surface area contributed by atoms with E-state index in [-0.39, 0.29) is 30.0 Å². The fourth-order valence-corrected chi connectivity index (χ4v) is 3.23. The van der Waals surface area contributed by atoms with E-state index in [9.17, 15) is 0 Å². The van der Waals surface area contributed by atoms with Crippen LogP contribution in [0.2, 0.25) is 0 Å². The lowest BCUT2D eigenvalue weighted by Gasteiger charge is -2.16. The van der Waals surface area contributed by atoms with Crippen molar-refractivity contribution in [2.24, 2.45) is 4.99 Å². The molecule has 1 unspecified atom stereocenters. The largest absolute Gasteiger partial charge is 0.490 e. The van der Waals surface area contributed by atoms with E-state index in [0.29, 0.717) is 37.1 Å². The van der Waals surface area contributed by atoms with Crippen LogP contribution in [0.25, 0.3) is 22.6 Å². The van der Waals surface area contributed by atoms with Crippen molar-refractivity contribution in [2.45, 2.75) is 26.3 Å². The van der Waals surface area contributed by atoms with Crippen LogP contribution in [0.15, 0.2) is 56.5 Å². The van der Waals surface area contributed by atoms with Crippen LogP contribution in [0.1, 0.15) is 31.5 Å². The summed E-state index contributed by atoms with van der Waals surface area (Å²) in [5, 5.41) is 14.8. The monoisotopic (exact) mass is 550 g/mol. The molecule has 1 atom stereocenters. The highest BCUT2D eigenvalue weighted by Crippen LogP contribution is 2.31. The molecule has 9 nitrogen and oxygen atoms in total. The Morgan fingerprint density at radius 2 is 2.16 bits per heavy atom. The van der Waals surface area contributed by atoms with Gasteiger partial charge in [0.05, 0.1) is 18.9 Å². The number of hydrogen-bond donors (Lipinski definition) is 3. The molecule has 3 heterocycles. The normalized spacial score (nSPS) is 12.4. The lowest BCUT2D eigenvalue weighted by Crippen LogP contribution is -2.39. The van der Waals surface area contributed by atoms with E-state index in [1.807, 2.05) is 50.2 Å². The van der Waals surface area contributed by atoms with Gasteiger partial charge in [0, 0.05) is 25.4 Å². The van der Waals surface area contributed by atoms with Crippen LogP contribution in [0.4, 0.5) is 0 Å². The number of aromatic amines is 1. The van der Waals surface area contributed by atoms with E-state index in [1.165, 1.54) is 0 Å². The summed E-state index contributed by atoms with van der Waals surface area (Å²) >= 11 is 0. The number of ether oxygens (including phenoxy) is 1. The zero-order chi connectivity index (χ0) is 21.6. The minimum atomic E-state index is -0.0797. The van der Waals surface area contributed by atoms with Crippen molar-refractivity contribution in [3.05, 3.63) is 54.2 Å². The van der Waals surface area contributed by atoms with Gasteiger partial charge in [0.2, 0.25) is 5.82 Å². The molecule has 32 heavy (non-hydrogen) atoms. The topological polar surface area (TPSA) is 114 Å². The quantitative estimate of drug-likeness (QED) is 0.170. The number of aromatic nitrogens is 3. The van der Waals surface area contributed by atoms with E-state index < -0.39 is 0 Å². The van der Waals surface area contributed by atoms with Crippen molar-refractivity contribution in [1.29, 1.82) is 0 Å². The van der Waals surface area contributed by atoms with Crippen molar-refractivity contribution in [2.75, 3.05) is 20.2 Å². The van der Waals surface area contributed by atoms with Gasteiger partial charge in [-0.15, -0.1) is 24.0 Å². The summed E-state index contributed by atoms with van der Waals surface area (Å²) in [6.45, 7) is 5.21. The number of furan rings is 2. The Morgan fingerprint density at radius 1 is 1.28 bits per heavy atom. The minimum absolute atomic E-state index is 0. The summed E-state index contributed by atoms with van der Waals surface area (Å²) in [5.74, 6) is 4.18. The Hall–Kier alpha value is -3.02. The summed E-state index contributed by atoms with van der Waals surface area (Å²) in [6, 6.07) is 11.5. The first-order valence-corrected chi connectivity index (χ1v) is 10.3. The van der Waals surface area contributed by atoms with Gasteiger partial charge in [0.25, 0.3) is 0 Å². The van der Waals surface area contributed by atoms with Gasteiger partial charge in [-0.25, -0.2) is 4.98 Å². The molecule has 0 spiro atoms. The third-order valence-electron chi connectivity index (χ3n) is 4.76. The summed E-state index contributed by atoms with van der Waals surface area (Å²) in [4.78, 5) is 8.74. The fourth-order valence-electron chi connectivity index (χ4n) is 3.23. The van der Waals surface area contributed by atoms with Crippen LogP contribution in [0.3, 0.4) is 0 Å². The third-order valence-corrected chi connectivity index (χ3v) is 4.76. The molecule has 3 aromatic heterocycles. The Labute approximate surface area is 203 Å². The number of para-hydroxylation sites is 1. The molecule has 0 aliphatic carbocycles. The molecule has 170 valence electrons. The van der Waals surface area contributed by atoms with Crippen molar-refractivity contribution >= 4 is 40.9 Å². The van der Waals surface area contributed by atoms with Crippen LogP contribution in [0, 0.1) is 0 Å². The standard InChI is InChI=1S/C22H26N6O3.HI/c1-4-29-16-8-5-7-15-13-18(31-20(15)16)14(2)25-22(23-3)24-11-10-19-26-21(28-27-19)17-9-6-12-30-17;/h5-9,12-14H,4,10-11H2,1-3H3,(H2,23,24,25)(H,26,27,28);1H. The first-order valence-electron chi connectivity index (χ1n) is 10.3. The highest BCUT2D eigenvalue weighted by atomic mass is 127. The molecule has 4 aromatic rings. The van der Waals surface area contributed by atoms with Crippen LogP contribution in [-0.4, -0.2) is 41.3 Å². The number of fused-ring (bicyclic) bond motifs is 1. The average Bonchev–Trinajstić information content (AvgIpc) is 3.53. The molecule has 0 saturated carbocycles. The molecular formula is C22H27IN6O3. The smallest absolute Gasteiger partial charge is 0.216 e.